The second-order valence-electron chi connectivity index (χ2n) is 5.00. The van der Waals surface area contributed by atoms with Crippen molar-refractivity contribution in [2.75, 3.05) is 24.3 Å². The number of carbonyl (C=O) groups is 1. The highest BCUT2D eigenvalue weighted by atomic mass is 32.2. The molecule has 0 aliphatic carbocycles. The van der Waals surface area contributed by atoms with Crippen molar-refractivity contribution in [1.82, 2.24) is 4.90 Å². The molecule has 8 nitrogen and oxygen atoms in total. The fourth-order valence-corrected chi connectivity index (χ4v) is 4.08. The molecule has 1 unspecified atom stereocenters. The van der Waals surface area contributed by atoms with Gasteiger partial charge >= 0.3 is 0 Å². The van der Waals surface area contributed by atoms with E-state index in [4.69, 9.17) is 5.73 Å². The quantitative estimate of drug-likeness (QED) is 0.490. The summed E-state index contributed by atoms with van der Waals surface area (Å²) in [5.41, 5.74) is 5.38. The average molecular weight is 313 g/mol. The van der Waals surface area contributed by atoms with Crippen molar-refractivity contribution in [2.45, 2.75) is 12.5 Å². The monoisotopic (exact) mass is 313 g/mol. The molecule has 0 spiro atoms. The fourth-order valence-electron chi connectivity index (χ4n) is 2.30. The normalized spacial score (nSPS) is 20.1. The molecule has 9 heteroatoms. The number of nitrogen functional groups attached to an aromatic ring is 1. The van der Waals surface area contributed by atoms with Crippen LogP contribution in [0.25, 0.3) is 0 Å². The summed E-state index contributed by atoms with van der Waals surface area (Å²) in [5.74, 6) is -0.395. The molecule has 0 radical (unpaired) electrons. The number of anilines is 1. The number of rotatable bonds is 3. The Morgan fingerprint density at radius 1 is 1.48 bits per heavy atom. The second-order valence-corrected chi connectivity index (χ2v) is 7.23. The Morgan fingerprint density at radius 2 is 2.14 bits per heavy atom. The number of sulfone groups is 1. The molecule has 2 N–H and O–H groups in total. The van der Waals surface area contributed by atoms with Crippen molar-refractivity contribution in [3.8, 4) is 0 Å². The summed E-state index contributed by atoms with van der Waals surface area (Å²) in [6, 6.07) is 3.35. The molecule has 1 heterocycles. The van der Waals surface area contributed by atoms with Crippen LogP contribution in [0.1, 0.15) is 16.8 Å². The predicted molar refractivity (Wildman–Crippen MR) is 76.7 cm³/mol. The number of carbonyl (C=O) groups excluding carboxylic acids is 1. The number of hydrogen-bond donors (Lipinski definition) is 1. The van der Waals surface area contributed by atoms with E-state index in [0.717, 1.165) is 0 Å². The van der Waals surface area contributed by atoms with Gasteiger partial charge in [0.25, 0.3) is 11.6 Å². The number of nitro benzene ring substituents is 1. The van der Waals surface area contributed by atoms with E-state index in [1.165, 1.54) is 30.1 Å². The SMILES string of the molecule is CN(C(=O)c1ccc([N+](=O)[O-])c(N)c1)C1CCS(=O)(=O)C1. The summed E-state index contributed by atoms with van der Waals surface area (Å²) in [7, 11) is -1.57. The van der Waals surface area contributed by atoms with Crippen molar-refractivity contribution in [3.05, 3.63) is 33.9 Å². The lowest BCUT2D eigenvalue weighted by atomic mass is 10.1. The molecule has 1 amide bonds. The molecule has 1 aromatic carbocycles. The molecule has 1 saturated heterocycles. The molecule has 0 aromatic heterocycles. The maximum Gasteiger partial charge on any atom is 0.292 e. The van der Waals surface area contributed by atoms with Crippen molar-refractivity contribution in [2.24, 2.45) is 0 Å². The van der Waals surface area contributed by atoms with E-state index in [1.54, 1.807) is 0 Å². The van der Waals surface area contributed by atoms with Crippen LogP contribution >= 0.6 is 0 Å². The van der Waals surface area contributed by atoms with E-state index in [1.807, 2.05) is 0 Å². The van der Waals surface area contributed by atoms with Crippen LogP contribution in [0.2, 0.25) is 0 Å². The van der Waals surface area contributed by atoms with Gasteiger partial charge in [-0.2, -0.15) is 0 Å². The Hall–Kier alpha value is -2.16. The van der Waals surface area contributed by atoms with Gasteiger partial charge in [-0.1, -0.05) is 0 Å². The molecular formula is C12H15N3O5S. The van der Waals surface area contributed by atoms with E-state index < -0.39 is 20.7 Å². The predicted octanol–water partition coefficient (Wildman–Crippen LogP) is 0.436. The van der Waals surface area contributed by atoms with Crippen LogP contribution < -0.4 is 5.73 Å². The number of nitrogens with two attached hydrogens (primary N) is 1. The Balaban J connectivity index is 2.20. The maximum absolute atomic E-state index is 12.3. The van der Waals surface area contributed by atoms with Crippen LogP contribution in [-0.2, 0) is 9.84 Å². The minimum absolute atomic E-state index is 0.0578. The third kappa shape index (κ3) is 3.13. The average Bonchev–Trinajstić information content (AvgIpc) is 2.76. The molecule has 21 heavy (non-hydrogen) atoms. The van der Waals surface area contributed by atoms with E-state index >= 15 is 0 Å². The minimum Gasteiger partial charge on any atom is -0.393 e. The van der Waals surface area contributed by atoms with Gasteiger partial charge in [0.05, 0.1) is 16.4 Å². The Kier molecular flexibility index (Phi) is 3.86. The van der Waals surface area contributed by atoms with Crippen LogP contribution in [0, 0.1) is 10.1 Å². The highest BCUT2D eigenvalue weighted by Crippen LogP contribution is 2.24. The third-order valence-electron chi connectivity index (χ3n) is 3.55. The minimum atomic E-state index is -3.09. The molecular weight excluding hydrogens is 298 g/mol. The lowest BCUT2D eigenvalue weighted by Crippen LogP contribution is -2.37. The molecule has 2 rings (SSSR count). The van der Waals surface area contributed by atoms with Crippen molar-refractivity contribution in [1.29, 1.82) is 0 Å². The Labute approximate surface area is 121 Å². The number of amides is 1. The van der Waals surface area contributed by atoms with Gasteiger partial charge < -0.3 is 10.6 Å². The van der Waals surface area contributed by atoms with Crippen LogP contribution in [-0.4, -0.2) is 48.7 Å². The molecule has 1 aliphatic heterocycles. The maximum atomic E-state index is 12.3. The summed E-state index contributed by atoms with van der Waals surface area (Å²) >= 11 is 0. The zero-order valence-corrected chi connectivity index (χ0v) is 12.2. The largest absolute Gasteiger partial charge is 0.393 e. The van der Waals surface area contributed by atoms with E-state index in [0.29, 0.717) is 6.42 Å². The Morgan fingerprint density at radius 3 is 2.62 bits per heavy atom. The lowest BCUT2D eigenvalue weighted by Gasteiger charge is -2.23. The number of hydrogen-bond acceptors (Lipinski definition) is 6. The Bertz CT molecular complexity index is 701. The number of nitrogens with zero attached hydrogens (tertiary/aromatic N) is 2. The van der Waals surface area contributed by atoms with Crippen LogP contribution in [0.3, 0.4) is 0 Å². The fraction of sp³-hybridized carbons (Fsp3) is 0.417. The summed E-state index contributed by atoms with van der Waals surface area (Å²) in [6.07, 6.45) is 0.396. The summed E-state index contributed by atoms with van der Waals surface area (Å²) in [5, 5.41) is 10.7. The van der Waals surface area contributed by atoms with Crippen molar-refractivity contribution < 1.29 is 18.1 Å². The first-order chi connectivity index (χ1) is 9.71. The molecule has 1 aliphatic rings. The molecule has 1 aromatic rings. The van der Waals surface area contributed by atoms with E-state index in [9.17, 15) is 23.3 Å². The first-order valence-electron chi connectivity index (χ1n) is 6.23. The zero-order valence-electron chi connectivity index (χ0n) is 11.4. The second kappa shape index (κ2) is 5.32. The van der Waals surface area contributed by atoms with Gasteiger partial charge in [0.1, 0.15) is 5.69 Å². The van der Waals surface area contributed by atoms with Crippen LogP contribution in [0.15, 0.2) is 18.2 Å². The summed E-state index contributed by atoms with van der Waals surface area (Å²) in [4.78, 5) is 23.7. The third-order valence-corrected chi connectivity index (χ3v) is 5.30. The van der Waals surface area contributed by atoms with Gasteiger partial charge in [-0.3, -0.25) is 14.9 Å². The number of nitro groups is 1. The topological polar surface area (TPSA) is 124 Å². The van der Waals surface area contributed by atoms with Gasteiger partial charge in [-0.25, -0.2) is 8.42 Å². The van der Waals surface area contributed by atoms with E-state index in [2.05, 4.69) is 0 Å². The first-order valence-corrected chi connectivity index (χ1v) is 8.05. The van der Waals surface area contributed by atoms with Gasteiger partial charge in [0, 0.05) is 24.7 Å². The highest BCUT2D eigenvalue weighted by molar-refractivity contribution is 7.91. The van der Waals surface area contributed by atoms with Gasteiger partial charge in [0.2, 0.25) is 0 Å². The first kappa shape index (κ1) is 15.2. The van der Waals surface area contributed by atoms with Gasteiger partial charge in [0.15, 0.2) is 9.84 Å². The van der Waals surface area contributed by atoms with Crippen molar-refractivity contribution >= 4 is 27.1 Å². The standard InChI is InChI=1S/C12H15N3O5S/c1-14(9-4-5-21(19,20)7-9)12(16)8-2-3-11(15(17)18)10(13)6-8/h2-3,6,9H,4-5,7,13H2,1H3. The molecule has 1 atom stereocenters. The van der Waals surface area contributed by atoms with Crippen LogP contribution in [0.5, 0.6) is 0 Å². The summed E-state index contributed by atoms with van der Waals surface area (Å²) < 4.78 is 22.9. The zero-order chi connectivity index (χ0) is 15.8. The smallest absolute Gasteiger partial charge is 0.292 e. The lowest BCUT2D eigenvalue weighted by molar-refractivity contribution is -0.383. The summed E-state index contributed by atoms with van der Waals surface area (Å²) in [6.45, 7) is 0. The molecule has 1 fully saturated rings. The van der Waals surface area contributed by atoms with Crippen LogP contribution in [0.4, 0.5) is 11.4 Å². The number of benzene rings is 1. The van der Waals surface area contributed by atoms with Gasteiger partial charge in [-0.15, -0.1) is 0 Å². The highest BCUT2D eigenvalue weighted by Gasteiger charge is 2.33. The van der Waals surface area contributed by atoms with E-state index in [-0.39, 0.29) is 34.5 Å². The van der Waals surface area contributed by atoms with Crippen molar-refractivity contribution in [3.63, 3.8) is 0 Å². The molecule has 0 bridgehead atoms. The molecule has 0 saturated carbocycles. The molecule has 114 valence electrons. The van der Waals surface area contributed by atoms with Gasteiger partial charge in [-0.05, 0) is 18.6 Å².